The molecule has 1 atom stereocenters. The van der Waals surface area contributed by atoms with Crippen LogP contribution in [-0.2, 0) is 10.0 Å². The van der Waals surface area contributed by atoms with Crippen LogP contribution in [0.4, 0.5) is 0 Å². The maximum absolute atomic E-state index is 11.9. The van der Waals surface area contributed by atoms with Crippen LogP contribution in [-0.4, -0.2) is 26.2 Å². The van der Waals surface area contributed by atoms with Gasteiger partial charge < -0.3 is 5.11 Å². The first-order chi connectivity index (χ1) is 7.49. The van der Waals surface area contributed by atoms with Gasteiger partial charge in [0.25, 0.3) is 0 Å². The highest BCUT2D eigenvalue weighted by Crippen LogP contribution is 2.16. The van der Waals surface area contributed by atoms with E-state index < -0.39 is 16.1 Å². The number of sulfonamides is 1. The predicted octanol–water partition coefficient (Wildman–Crippen LogP) is 1.50. The van der Waals surface area contributed by atoms with Crippen LogP contribution < -0.4 is 4.72 Å². The van der Waals surface area contributed by atoms with Gasteiger partial charge in [0.2, 0.25) is 10.0 Å². The molecule has 1 aromatic carbocycles. The zero-order chi connectivity index (χ0) is 12.2. The smallest absolute Gasteiger partial charge is 0.240 e. The Morgan fingerprint density at radius 2 is 2.19 bits per heavy atom. The largest absolute Gasteiger partial charge is 0.395 e. The lowest BCUT2D eigenvalue weighted by atomic mass is 10.3. The average Bonchev–Trinajstić information content (AvgIpc) is 2.26. The van der Waals surface area contributed by atoms with Gasteiger partial charge in [-0.15, -0.1) is 0 Å². The molecule has 1 aromatic rings. The van der Waals surface area contributed by atoms with Crippen LogP contribution in [0.15, 0.2) is 33.6 Å². The number of hydrogen-bond donors (Lipinski definition) is 2. The van der Waals surface area contributed by atoms with E-state index in [1.54, 1.807) is 12.1 Å². The summed E-state index contributed by atoms with van der Waals surface area (Å²) in [5, 5.41) is 8.95. The third-order valence-electron chi connectivity index (χ3n) is 2.14. The highest BCUT2D eigenvalue weighted by atomic mass is 79.9. The minimum absolute atomic E-state index is 0.189. The van der Waals surface area contributed by atoms with Gasteiger partial charge in [0.05, 0.1) is 11.5 Å². The molecule has 0 bridgehead atoms. The van der Waals surface area contributed by atoms with Crippen LogP contribution in [0.5, 0.6) is 0 Å². The van der Waals surface area contributed by atoms with Crippen LogP contribution in [0, 0.1) is 0 Å². The van der Waals surface area contributed by atoms with E-state index in [9.17, 15) is 8.42 Å². The van der Waals surface area contributed by atoms with Crippen molar-refractivity contribution in [2.24, 2.45) is 0 Å². The van der Waals surface area contributed by atoms with E-state index in [-0.39, 0.29) is 11.5 Å². The van der Waals surface area contributed by atoms with Gasteiger partial charge >= 0.3 is 0 Å². The Labute approximate surface area is 104 Å². The molecule has 0 saturated heterocycles. The number of nitrogens with one attached hydrogen (secondary N) is 1. The summed E-state index contributed by atoms with van der Waals surface area (Å²) in [6.07, 6.45) is 0.545. The monoisotopic (exact) mass is 307 g/mol. The molecule has 6 heteroatoms. The molecule has 90 valence electrons. The molecular formula is C10H14BrNO3S. The van der Waals surface area contributed by atoms with Gasteiger partial charge in [-0.2, -0.15) is 0 Å². The molecule has 0 saturated carbocycles. The number of benzene rings is 1. The number of rotatable bonds is 5. The van der Waals surface area contributed by atoms with Gasteiger partial charge in [0, 0.05) is 10.5 Å². The fraction of sp³-hybridized carbons (Fsp3) is 0.400. The van der Waals surface area contributed by atoms with Gasteiger partial charge in [-0.25, -0.2) is 13.1 Å². The van der Waals surface area contributed by atoms with Gasteiger partial charge in [-0.3, -0.25) is 0 Å². The molecular weight excluding hydrogens is 294 g/mol. The summed E-state index contributed by atoms with van der Waals surface area (Å²) in [6.45, 7) is 1.61. The summed E-state index contributed by atoms with van der Waals surface area (Å²) in [7, 11) is -3.55. The topological polar surface area (TPSA) is 66.4 Å². The van der Waals surface area contributed by atoms with Gasteiger partial charge in [-0.1, -0.05) is 28.9 Å². The number of aliphatic hydroxyl groups excluding tert-OH is 1. The average molecular weight is 308 g/mol. The lowest BCUT2D eigenvalue weighted by Gasteiger charge is -2.14. The Hall–Kier alpha value is -0.430. The second-order valence-corrected chi connectivity index (χ2v) is 6.00. The Balaban J connectivity index is 2.94. The predicted molar refractivity (Wildman–Crippen MR) is 65.6 cm³/mol. The molecule has 4 nitrogen and oxygen atoms in total. The summed E-state index contributed by atoms with van der Waals surface area (Å²) in [5.74, 6) is 0. The minimum Gasteiger partial charge on any atom is -0.395 e. The molecule has 2 N–H and O–H groups in total. The molecule has 16 heavy (non-hydrogen) atoms. The fourth-order valence-electron chi connectivity index (χ4n) is 1.17. The molecule has 0 heterocycles. The molecule has 0 aliphatic carbocycles. The van der Waals surface area contributed by atoms with Crippen LogP contribution >= 0.6 is 15.9 Å². The fourth-order valence-corrected chi connectivity index (χ4v) is 3.08. The quantitative estimate of drug-likeness (QED) is 0.866. The Kier molecular flexibility index (Phi) is 4.91. The zero-order valence-electron chi connectivity index (χ0n) is 8.85. The van der Waals surface area contributed by atoms with Gasteiger partial charge in [-0.05, 0) is 24.6 Å². The SMILES string of the molecule is CC[C@H](CO)NS(=O)(=O)c1cccc(Br)c1. The van der Waals surface area contributed by atoms with Crippen molar-refractivity contribution in [3.63, 3.8) is 0 Å². The summed E-state index contributed by atoms with van der Waals surface area (Å²) in [4.78, 5) is 0.189. The number of halogens is 1. The second-order valence-electron chi connectivity index (χ2n) is 3.37. The van der Waals surface area contributed by atoms with E-state index >= 15 is 0 Å². The summed E-state index contributed by atoms with van der Waals surface area (Å²) >= 11 is 3.21. The van der Waals surface area contributed by atoms with Crippen LogP contribution in [0.2, 0.25) is 0 Å². The van der Waals surface area contributed by atoms with E-state index in [1.807, 2.05) is 6.92 Å². The van der Waals surface area contributed by atoms with Crippen molar-refractivity contribution in [1.82, 2.24) is 4.72 Å². The van der Waals surface area contributed by atoms with Crippen molar-refractivity contribution in [2.75, 3.05) is 6.61 Å². The van der Waals surface area contributed by atoms with Crippen molar-refractivity contribution in [3.8, 4) is 0 Å². The maximum atomic E-state index is 11.9. The summed E-state index contributed by atoms with van der Waals surface area (Å²) in [6, 6.07) is 5.99. The lowest BCUT2D eigenvalue weighted by molar-refractivity contribution is 0.254. The maximum Gasteiger partial charge on any atom is 0.240 e. The second kappa shape index (κ2) is 5.77. The van der Waals surface area contributed by atoms with Crippen molar-refractivity contribution >= 4 is 26.0 Å². The highest BCUT2D eigenvalue weighted by Gasteiger charge is 2.18. The first-order valence-corrected chi connectivity index (χ1v) is 7.16. The Morgan fingerprint density at radius 3 is 2.69 bits per heavy atom. The normalized spacial score (nSPS) is 13.7. The highest BCUT2D eigenvalue weighted by molar-refractivity contribution is 9.10. The van der Waals surface area contributed by atoms with E-state index in [0.29, 0.717) is 10.9 Å². The lowest BCUT2D eigenvalue weighted by Crippen LogP contribution is -2.36. The third-order valence-corrected chi connectivity index (χ3v) is 4.15. The molecule has 0 amide bonds. The molecule has 0 radical (unpaired) electrons. The van der Waals surface area contributed by atoms with Gasteiger partial charge in [0.15, 0.2) is 0 Å². The Morgan fingerprint density at radius 1 is 1.50 bits per heavy atom. The number of hydrogen-bond acceptors (Lipinski definition) is 3. The van der Waals surface area contributed by atoms with E-state index in [4.69, 9.17) is 5.11 Å². The molecule has 0 fully saturated rings. The first-order valence-electron chi connectivity index (χ1n) is 4.88. The Bertz CT molecular complexity index is 443. The van der Waals surface area contributed by atoms with Crippen molar-refractivity contribution in [2.45, 2.75) is 24.3 Å². The van der Waals surface area contributed by atoms with E-state index in [1.165, 1.54) is 12.1 Å². The molecule has 1 rings (SSSR count). The van der Waals surface area contributed by atoms with Crippen LogP contribution in [0.1, 0.15) is 13.3 Å². The number of aliphatic hydroxyl groups is 1. The van der Waals surface area contributed by atoms with Crippen LogP contribution in [0.3, 0.4) is 0 Å². The van der Waals surface area contributed by atoms with E-state index in [0.717, 1.165) is 0 Å². The minimum atomic E-state index is -3.55. The molecule has 0 spiro atoms. The molecule has 0 aliphatic rings. The molecule has 0 unspecified atom stereocenters. The van der Waals surface area contributed by atoms with Crippen molar-refractivity contribution in [1.29, 1.82) is 0 Å². The first kappa shape index (κ1) is 13.6. The standard InChI is InChI=1S/C10H14BrNO3S/c1-2-9(7-13)12-16(14,15)10-5-3-4-8(11)6-10/h3-6,9,12-13H,2,7H2,1H3/t9-/m1/s1. The third kappa shape index (κ3) is 3.55. The summed E-state index contributed by atoms with van der Waals surface area (Å²) in [5.41, 5.74) is 0. The van der Waals surface area contributed by atoms with Crippen molar-refractivity contribution in [3.05, 3.63) is 28.7 Å². The van der Waals surface area contributed by atoms with Crippen molar-refractivity contribution < 1.29 is 13.5 Å². The van der Waals surface area contributed by atoms with Gasteiger partial charge in [0.1, 0.15) is 0 Å². The molecule has 0 aliphatic heterocycles. The summed E-state index contributed by atoms with van der Waals surface area (Å²) < 4.78 is 26.9. The van der Waals surface area contributed by atoms with Crippen LogP contribution in [0.25, 0.3) is 0 Å². The molecule has 0 aromatic heterocycles. The zero-order valence-corrected chi connectivity index (χ0v) is 11.3. The van der Waals surface area contributed by atoms with E-state index in [2.05, 4.69) is 20.7 Å².